The molecule has 0 radical (unpaired) electrons. The van der Waals surface area contributed by atoms with Crippen LogP contribution in [0.1, 0.15) is 43.6 Å². The molecule has 0 spiro atoms. The van der Waals surface area contributed by atoms with E-state index in [4.69, 9.17) is 4.74 Å². The first kappa shape index (κ1) is 19.2. The molecule has 29 heavy (non-hydrogen) atoms. The maximum atomic E-state index is 12.7. The maximum Gasteiger partial charge on any atom is 0.224 e. The Kier molecular flexibility index (Phi) is 6.20. The number of carbonyl (C=O) groups excluding carboxylic acids is 1. The lowest BCUT2D eigenvalue weighted by Crippen LogP contribution is -2.20. The number of rotatable bonds is 6. The van der Waals surface area contributed by atoms with E-state index in [1.165, 1.54) is 5.56 Å². The lowest BCUT2D eigenvalue weighted by atomic mass is 9.77. The van der Waals surface area contributed by atoms with Gasteiger partial charge in [0.15, 0.2) is 5.75 Å². The second kappa shape index (κ2) is 9.37. The molecule has 148 valence electrons. The van der Waals surface area contributed by atoms with Gasteiger partial charge in [-0.2, -0.15) is 0 Å². The molecular formula is C25H26N2O2. The summed E-state index contributed by atoms with van der Waals surface area (Å²) in [4.78, 5) is 16.8. The zero-order valence-electron chi connectivity index (χ0n) is 16.5. The van der Waals surface area contributed by atoms with E-state index in [9.17, 15) is 4.79 Å². The number of hydrogen-bond acceptors (Lipinski definition) is 3. The van der Waals surface area contributed by atoms with Gasteiger partial charge in [0, 0.05) is 18.7 Å². The number of anilines is 1. The van der Waals surface area contributed by atoms with Crippen LogP contribution in [0, 0.1) is 5.92 Å². The van der Waals surface area contributed by atoms with Gasteiger partial charge < -0.3 is 10.1 Å². The van der Waals surface area contributed by atoms with Crippen molar-refractivity contribution in [3.05, 3.63) is 84.6 Å². The van der Waals surface area contributed by atoms with Crippen LogP contribution >= 0.6 is 0 Å². The smallest absolute Gasteiger partial charge is 0.224 e. The number of amides is 1. The van der Waals surface area contributed by atoms with Crippen molar-refractivity contribution in [2.45, 2.75) is 38.0 Å². The van der Waals surface area contributed by atoms with Crippen LogP contribution in [0.25, 0.3) is 0 Å². The summed E-state index contributed by atoms with van der Waals surface area (Å²) in [6.07, 6.45) is 6.74. The first-order chi connectivity index (χ1) is 14.3. The van der Waals surface area contributed by atoms with Gasteiger partial charge in [-0.05, 0) is 61.3 Å². The zero-order chi connectivity index (χ0) is 19.9. The fourth-order valence-corrected chi connectivity index (χ4v) is 4.07. The molecule has 1 heterocycles. The predicted octanol–water partition coefficient (Wildman–Crippen LogP) is 6.18. The molecular weight excluding hydrogens is 360 g/mol. The van der Waals surface area contributed by atoms with Crippen molar-refractivity contribution in [3.63, 3.8) is 0 Å². The number of aromatic nitrogens is 1. The molecule has 1 saturated carbocycles. The van der Waals surface area contributed by atoms with Crippen molar-refractivity contribution >= 4 is 11.6 Å². The Hall–Kier alpha value is -3.14. The number of hydrogen-bond donors (Lipinski definition) is 1. The minimum absolute atomic E-state index is 0.0465. The molecule has 0 saturated heterocycles. The van der Waals surface area contributed by atoms with Gasteiger partial charge in [-0.1, -0.05) is 48.5 Å². The molecule has 1 N–H and O–H groups in total. The predicted molar refractivity (Wildman–Crippen MR) is 115 cm³/mol. The number of para-hydroxylation sites is 2. The summed E-state index contributed by atoms with van der Waals surface area (Å²) >= 11 is 0. The molecule has 1 fully saturated rings. The van der Waals surface area contributed by atoms with Crippen LogP contribution in [0.4, 0.5) is 5.69 Å². The van der Waals surface area contributed by atoms with E-state index in [2.05, 4.69) is 40.6 Å². The van der Waals surface area contributed by atoms with Crippen molar-refractivity contribution < 1.29 is 9.53 Å². The van der Waals surface area contributed by atoms with Crippen LogP contribution in [-0.4, -0.2) is 10.9 Å². The first-order valence-electron chi connectivity index (χ1n) is 10.3. The average molecular weight is 386 g/mol. The van der Waals surface area contributed by atoms with Crippen LogP contribution in [0.3, 0.4) is 0 Å². The third-order valence-corrected chi connectivity index (χ3v) is 5.61. The molecule has 3 aromatic rings. The topological polar surface area (TPSA) is 51.2 Å². The minimum Gasteiger partial charge on any atom is -0.437 e. The molecule has 4 heteroatoms. The van der Waals surface area contributed by atoms with Gasteiger partial charge in [0.2, 0.25) is 11.8 Å². The molecule has 0 aliphatic heterocycles. The van der Waals surface area contributed by atoms with E-state index in [1.54, 1.807) is 12.3 Å². The Morgan fingerprint density at radius 2 is 1.62 bits per heavy atom. The molecule has 2 aromatic carbocycles. The summed E-state index contributed by atoms with van der Waals surface area (Å²) in [5.74, 6) is 2.23. The van der Waals surface area contributed by atoms with Crippen LogP contribution in [0.15, 0.2) is 79.0 Å². The lowest BCUT2D eigenvalue weighted by molar-refractivity contribution is -0.117. The molecule has 1 amide bonds. The van der Waals surface area contributed by atoms with Crippen molar-refractivity contribution in [2.24, 2.45) is 5.92 Å². The van der Waals surface area contributed by atoms with Gasteiger partial charge in [0.25, 0.3) is 0 Å². The standard InChI is InChI=1S/C25H26N2O2/c28-24(18-19-13-15-21(16-14-19)20-8-2-1-3-9-20)27-22-10-4-5-11-23(22)29-25-12-6-7-17-26-25/h1-12,17,19,21H,13-16,18H2,(H,27,28). The molecule has 1 aromatic heterocycles. The summed E-state index contributed by atoms with van der Waals surface area (Å²) in [6, 6.07) is 23.7. The highest BCUT2D eigenvalue weighted by Crippen LogP contribution is 2.37. The first-order valence-corrected chi connectivity index (χ1v) is 10.3. The maximum absolute atomic E-state index is 12.7. The number of benzene rings is 2. The quantitative estimate of drug-likeness (QED) is 0.550. The molecule has 4 rings (SSSR count). The van der Waals surface area contributed by atoms with E-state index in [1.807, 2.05) is 36.4 Å². The summed E-state index contributed by atoms with van der Waals surface area (Å²) < 4.78 is 5.84. The second-order valence-electron chi connectivity index (χ2n) is 7.65. The average Bonchev–Trinajstić information content (AvgIpc) is 2.77. The van der Waals surface area contributed by atoms with Crippen molar-refractivity contribution in [2.75, 3.05) is 5.32 Å². The molecule has 0 unspecified atom stereocenters. The monoisotopic (exact) mass is 386 g/mol. The van der Waals surface area contributed by atoms with Crippen LogP contribution in [0.2, 0.25) is 0 Å². The highest BCUT2D eigenvalue weighted by Gasteiger charge is 2.24. The van der Waals surface area contributed by atoms with E-state index in [-0.39, 0.29) is 5.91 Å². The van der Waals surface area contributed by atoms with Gasteiger partial charge in [-0.25, -0.2) is 4.98 Å². The van der Waals surface area contributed by atoms with E-state index in [0.29, 0.717) is 35.6 Å². The van der Waals surface area contributed by atoms with Gasteiger partial charge in [-0.3, -0.25) is 4.79 Å². The Balaban J connectivity index is 1.31. The Bertz CT molecular complexity index is 920. The lowest BCUT2D eigenvalue weighted by Gasteiger charge is -2.28. The number of carbonyl (C=O) groups is 1. The van der Waals surface area contributed by atoms with Gasteiger partial charge in [0.05, 0.1) is 5.69 Å². The van der Waals surface area contributed by atoms with Crippen molar-refractivity contribution in [1.29, 1.82) is 0 Å². The van der Waals surface area contributed by atoms with E-state index < -0.39 is 0 Å². The number of ether oxygens (including phenoxy) is 1. The summed E-state index contributed by atoms with van der Waals surface area (Å²) in [6.45, 7) is 0. The zero-order valence-corrected chi connectivity index (χ0v) is 16.5. The van der Waals surface area contributed by atoms with Gasteiger partial charge in [0.1, 0.15) is 0 Å². The Labute approximate surface area is 172 Å². The second-order valence-corrected chi connectivity index (χ2v) is 7.65. The summed E-state index contributed by atoms with van der Waals surface area (Å²) in [5, 5.41) is 3.03. The highest BCUT2D eigenvalue weighted by atomic mass is 16.5. The normalized spacial score (nSPS) is 18.8. The minimum atomic E-state index is 0.0465. The molecule has 4 nitrogen and oxygen atoms in total. The summed E-state index contributed by atoms with van der Waals surface area (Å²) in [5.41, 5.74) is 2.11. The van der Waals surface area contributed by atoms with Gasteiger partial charge >= 0.3 is 0 Å². The van der Waals surface area contributed by atoms with E-state index >= 15 is 0 Å². The van der Waals surface area contributed by atoms with Gasteiger partial charge in [-0.15, -0.1) is 0 Å². The molecule has 1 aliphatic rings. The SMILES string of the molecule is O=C(CC1CCC(c2ccccc2)CC1)Nc1ccccc1Oc1ccccn1. The van der Waals surface area contributed by atoms with Crippen LogP contribution in [0.5, 0.6) is 11.6 Å². The summed E-state index contributed by atoms with van der Waals surface area (Å²) in [7, 11) is 0. The molecule has 1 aliphatic carbocycles. The van der Waals surface area contributed by atoms with Crippen LogP contribution in [-0.2, 0) is 4.79 Å². The third-order valence-electron chi connectivity index (χ3n) is 5.61. The van der Waals surface area contributed by atoms with Crippen LogP contribution < -0.4 is 10.1 Å². The fraction of sp³-hybridized carbons (Fsp3) is 0.280. The van der Waals surface area contributed by atoms with Crippen molar-refractivity contribution in [3.8, 4) is 11.6 Å². The number of nitrogens with one attached hydrogen (secondary N) is 1. The molecule has 0 bridgehead atoms. The third kappa shape index (κ3) is 5.23. The molecule has 0 atom stereocenters. The largest absolute Gasteiger partial charge is 0.437 e. The van der Waals surface area contributed by atoms with E-state index in [0.717, 1.165) is 25.7 Å². The fourth-order valence-electron chi connectivity index (χ4n) is 4.07. The highest BCUT2D eigenvalue weighted by molar-refractivity contribution is 5.92. The van der Waals surface area contributed by atoms with Crippen molar-refractivity contribution in [1.82, 2.24) is 4.98 Å². The number of nitrogens with zero attached hydrogens (tertiary/aromatic N) is 1. The number of pyridine rings is 1. The Morgan fingerprint density at radius 1 is 0.897 bits per heavy atom. The Morgan fingerprint density at radius 3 is 2.38 bits per heavy atom.